The summed E-state index contributed by atoms with van der Waals surface area (Å²) in [5, 5.41) is 1.99. The van der Waals surface area contributed by atoms with Gasteiger partial charge in [0.1, 0.15) is 5.82 Å². The van der Waals surface area contributed by atoms with Crippen LogP contribution >= 0.6 is 0 Å². The first-order valence-corrected chi connectivity index (χ1v) is 13.0. The highest BCUT2D eigenvalue weighted by Gasteiger charge is 2.45. The third kappa shape index (κ3) is 5.05. The van der Waals surface area contributed by atoms with Gasteiger partial charge in [-0.05, 0) is 48.2 Å². The predicted octanol–water partition coefficient (Wildman–Crippen LogP) is 2.72. The molecule has 0 radical (unpaired) electrons. The topological polar surface area (TPSA) is 80.3 Å². The van der Waals surface area contributed by atoms with E-state index < -0.39 is 36.7 Å². The van der Waals surface area contributed by atoms with Gasteiger partial charge in [-0.15, -0.1) is 0 Å². The molecule has 1 aliphatic heterocycles. The lowest BCUT2D eigenvalue weighted by atomic mass is 10.0. The van der Waals surface area contributed by atoms with Gasteiger partial charge in [0.25, 0.3) is 0 Å². The summed E-state index contributed by atoms with van der Waals surface area (Å²) < 4.78 is 64.4. The Kier molecular flexibility index (Phi) is 6.45. The molecule has 0 spiro atoms. The number of nitrogens with one attached hydrogen (secondary N) is 1. The molecule has 0 saturated carbocycles. The van der Waals surface area contributed by atoms with E-state index in [1.807, 2.05) is 13.8 Å². The maximum absolute atomic E-state index is 13.8. The van der Waals surface area contributed by atoms with Crippen LogP contribution in [0.1, 0.15) is 30.9 Å². The molecular weight excluding hydrogens is 413 g/mol. The van der Waals surface area contributed by atoms with Crippen molar-refractivity contribution in [3.05, 3.63) is 65.5 Å². The number of sulfone groups is 2. The smallest absolute Gasteiger partial charge is 0.183 e. The van der Waals surface area contributed by atoms with Crippen molar-refractivity contribution in [2.24, 2.45) is 0 Å². The van der Waals surface area contributed by atoms with Crippen LogP contribution in [0.2, 0.25) is 0 Å². The second-order valence-electron chi connectivity index (χ2n) is 7.79. The Labute approximate surface area is 172 Å². The summed E-state index contributed by atoms with van der Waals surface area (Å²) in [5.74, 6) is -0.703. The zero-order valence-electron chi connectivity index (χ0n) is 16.5. The number of halogens is 1. The summed E-state index contributed by atoms with van der Waals surface area (Å²) in [6.07, 6.45) is 0.346. The van der Waals surface area contributed by atoms with E-state index in [-0.39, 0.29) is 22.4 Å². The Balaban J connectivity index is 1.77. The van der Waals surface area contributed by atoms with Gasteiger partial charge < -0.3 is 5.32 Å². The molecule has 1 N–H and O–H groups in total. The van der Waals surface area contributed by atoms with Gasteiger partial charge in [-0.3, -0.25) is 0 Å². The lowest BCUT2D eigenvalue weighted by Gasteiger charge is -2.20. The Hall–Kier alpha value is -1.77. The van der Waals surface area contributed by atoms with Crippen molar-refractivity contribution in [1.82, 2.24) is 5.32 Å². The van der Waals surface area contributed by atoms with Gasteiger partial charge >= 0.3 is 0 Å². The highest BCUT2D eigenvalue weighted by Crippen LogP contribution is 2.27. The molecule has 0 bridgehead atoms. The molecule has 5 nitrogen and oxygen atoms in total. The van der Waals surface area contributed by atoms with Gasteiger partial charge in [0.05, 0.1) is 21.7 Å². The first-order valence-electron chi connectivity index (χ1n) is 9.61. The molecule has 2 aromatic carbocycles. The molecule has 0 aliphatic carbocycles. The maximum atomic E-state index is 13.8. The first-order chi connectivity index (χ1) is 13.6. The maximum Gasteiger partial charge on any atom is 0.183 e. The van der Waals surface area contributed by atoms with Crippen LogP contribution in [0.4, 0.5) is 4.39 Å². The zero-order chi connectivity index (χ0) is 21.2. The standard InChI is InChI=1S/C21H26FNO4S2/c1-15(2)16-7-9-18(10-8-16)29(26,27)21-14-28(24,25)13-20(21)23-12-11-17-5-3-4-6-19(17)22/h3-10,15,20-21,23H,11-14H2,1-2H3/t20-,21-/m0/s1. The molecule has 0 aromatic heterocycles. The summed E-state index contributed by atoms with van der Waals surface area (Å²) in [6.45, 7) is 4.32. The molecule has 0 unspecified atom stereocenters. The summed E-state index contributed by atoms with van der Waals surface area (Å²) in [6, 6.07) is 12.3. The van der Waals surface area contributed by atoms with Crippen molar-refractivity contribution in [1.29, 1.82) is 0 Å². The van der Waals surface area contributed by atoms with Crippen molar-refractivity contribution in [2.45, 2.75) is 42.4 Å². The van der Waals surface area contributed by atoms with Crippen LogP contribution in [0.15, 0.2) is 53.4 Å². The number of rotatable bonds is 7. The van der Waals surface area contributed by atoms with Gasteiger partial charge in [0.2, 0.25) is 0 Å². The van der Waals surface area contributed by atoms with Gasteiger partial charge in [0.15, 0.2) is 19.7 Å². The van der Waals surface area contributed by atoms with Crippen LogP contribution in [0.5, 0.6) is 0 Å². The molecule has 158 valence electrons. The second-order valence-corrected chi connectivity index (χ2v) is 12.1. The molecule has 1 saturated heterocycles. The van der Waals surface area contributed by atoms with Crippen molar-refractivity contribution >= 4 is 19.7 Å². The van der Waals surface area contributed by atoms with Gasteiger partial charge in [0, 0.05) is 6.04 Å². The van der Waals surface area contributed by atoms with E-state index in [9.17, 15) is 21.2 Å². The van der Waals surface area contributed by atoms with Crippen LogP contribution in [-0.4, -0.2) is 46.2 Å². The van der Waals surface area contributed by atoms with Crippen molar-refractivity contribution < 1.29 is 21.2 Å². The van der Waals surface area contributed by atoms with E-state index in [0.29, 0.717) is 18.5 Å². The first kappa shape index (κ1) is 21.9. The van der Waals surface area contributed by atoms with Crippen LogP contribution < -0.4 is 5.32 Å². The third-order valence-electron chi connectivity index (χ3n) is 5.33. The molecule has 1 heterocycles. The molecule has 2 atom stereocenters. The molecule has 1 fully saturated rings. The molecule has 1 aliphatic rings. The fraction of sp³-hybridized carbons (Fsp3) is 0.429. The summed E-state index contributed by atoms with van der Waals surface area (Å²) in [4.78, 5) is 0.130. The van der Waals surface area contributed by atoms with Crippen molar-refractivity contribution in [3.63, 3.8) is 0 Å². The Morgan fingerprint density at radius 2 is 1.72 bits per heavy atom. The number of hydrogen-bond donors (Lipinski definition) is 1. The van der Waals surface area contributed by atoms with E-state index >= 15 is 0 Å². The minimum atomic E-state index is -3.82. The lowest BCUT2D eigenvalue weighted by Crippen LogP contribution is -2.44. The average Bonchev–Trinajstić information content (AvgIpc) is 2.98. The van der Waals surface area contributed by atoms with Crippen LogP contribution in [0, 0.1) is 5.82 Å². The Morgan fingerprint density at radius 1 is 1.07 bits per heavy atom. The average molecular weight is 440 g/mol. The highest BCUT2D eigenvalue weighted by atomic mass is 32.2. The fourth-order valence-electron chi connectivity index (χ4n) is 3.62. The van der Waals surface area contributed by atoms with Crippen molar-refractivity contribution in [3.8, 4) is 0 Å². The molecule has 3 rings (SSSR count). The van der Waals surface area contributed by atoms with Crippen LogP contribution in [0.3, 0.4) is 0 Å². The minimum absolute atomic E-state index is 0.130. The molecule has 29 heavy (non-hydrogen) atoms. The minimum Gasteiger partial charge on any atom is -0.311 e. The highest BCUT2D eigenvalue weighted by molar-refractivity contribution is 7.96. The number of hydrogen-bond acceptors (Lipinski definition) is 5. The van der Waals surface area contributed by atoms with Crippen molar-refractivity contribution in [2.75, 3.05) is 18.1 Å². The predicted molar refractivity (Wildman–Crippen MR) is 112 cm³/mol. The largest absolute Gasteiger partial charge is 0.311 e. The zero-order valence-corrected chi connectivity index (χ0v) is 18.1. The van der Waals surface area contributed by atoms with E-state index in [0.717, 1.165) is 5.56 Å². The molecule has 2 aromatic rings. The van der Waals surface area contributed by atoms with E-state index in [1.54, 1.807) is 42.5 Å². The Bertz CT molecular complexity index is 1060. The van der Waals surface area contributed by atoms with Gasteiger partial charge in [-0.25, -0.2) is 21.2 Å². The molecular formula is C21H26FNO4S2. The van der Waals surface area contributed by atoms with E-state index in [1.165, 1.54) is 6.07 Å². The molecule has 8 heteroatoms. The van der Waals surface area contributed by atoms with Gasteiger partial charge in [-0.1, -0.05) is 44.2 Å². The van der Waals surface area contributed by atoms with Gasteiger partial charge in [-0.2, -0.15) is 0 Å². The summed E-state index contributed by atoms with van der Waals surface area (Å²) in [5.41, 5.74) is 1.52. The fourth-order valence-corrected chi connectivity index (χ4v) is 8.34. The molecule has 0 amide bonds. The SMILES string of the molecule is CC(C)c1ccc(S(=O)(=O)[C@H]2CS(=O)(=O)C[C@@H]2NCCc2ccccc2F)cc1. The van der Waals surface area contributed by atoms with E-state index in [2.05, 4.69) is 5.32 Å². The third-order valence-corrected chi connectivity index (χ3v) is 9.50. The lowest BCUT2D eigenvalue weighted by molar-refractivity contribution is 0.523. The summed E-state index contributed by atoms with van der Waals surface area (Å²) in [7, 11) is -7.30. The summed E-state index contributed by atoms with van der Waals surface area (Å²) >= 11 is 0. The Morgan fingerprint density at radius 3 is 2.34 bits per heavy atom. The number of benzene rings is 2. The van der Waals surface area contributed by atoms with Crippen LogP contribution in [-0.2, 0) is 26.1 Å². The monoisotopic (exact) mass is 439 g/mol. The normalized spacial score (nSPS) is 21.5. The van der Waals surface area contributed by atoms with Crippen LogP contribution in [0.25, 0.3) is 0 Å². The quantitative estimate of drug-likeness (QED) is 0.718. The second kappa shape index (κ2) is 8.53. The van der Waals surface area contributed by atoms with E-state index in [4.69, 9.17) is 0 Å².